The predicted molar refractivity (Wildman–Crippen MR) is 102 cm³/mol. The lowest BCUT2D eigenvalue weighted by molar-refractivity contribution is 0.123. The van der Waals surface area contributed by atoms with Crippen molar-refractivity contribution in [3.8, 4) is 0 Å². The fourth-order valence-corrected chi connectivity index (χ4v) is 6.36. The molecule has 1 aromatic rings. The summed E-state index contributed by atoms with van der Waals surface area (Å²) >= 11 is 0. The van der Waals surface area contributed by atoms with Crippen molar-refractivity contribution in [1.82, 2.24) is 0 Å². The molecule has 0 N–H and O–H groups in total. The SMILES string of the molecule is CO[Si](CCc1cc(C)cc(CC[Si](OC)(OC)OC)c1)(OC)OC. The second-order valence-electron chi connectivity index (χ2n) is 5.92. The molecule has 0 saturated carbocycles. The number of rotatable bonds is 12. The van der Waals surface area contributed by atoms with Gasteiger partial charge in [0.05, 0.1) is 0 Å². The summed E-state index contributed by atoms with van der Waals surface area (Å²) in [6.07, 6.45) is 1.69. The third kappa shape index (κ3) is 6.26. The third-order valence-corrected chi connectivity index (χ3v) is 9.96. The highest BCUT2D eigenvalue weighted by Gasteiger charge is 2.38. The van der Waals surface area contributed by atoms with Crippen molar-refractivity contribution in [2.24, 2.45) is 0 Å². The quantitative estimate of drug-likeness (QED) is 0.513. The lowest BCUT2D eigenvalue weighted by atomic mass is 10.0. The molecule has 1 aromatic carbocycles. The molecular weight excluding hydrogens is 356 g/mol. The van der Waals surface area contributed by atoms with Gasteiger partial charge in [-0.3, -0.25) is 0 Å². The van der Waals surface area contributed by atoms with Crippen molar-refractivity contribution in [1.29, 1.82) is 0 Å². The van der Waals surface area contributed by atoms with Crippen LogP contribution in [0.15, 0.2) is 18.2 Å². The van der Waals surface area contributed by atoms with Crippen LogP contribution in [0.1, 0.15) is 16.7 Å². The molecule has 0 aliphatic rings. The van der Waals surface area contributed by atoms with Crippen LogP contribution < -0.4 is 0 Å². The van der Waals surface area contributed by atoms with Crippen molar-refractivity contribution >= 4 is 17.6 Å². The molecule has 0 saturated heterocycles. The van der Waals surface area contributed by atoms with Gasteiger partial charge in [-0.25, -0.2) is 0 Å². The average Bonchev–Trinajstić information content (AvgIpc) is 2.64. The first-order valence-electron chi connectivity index (χ1n) is 8.32. The molecule has 0 fully saturated rings. The van der Waals surface area contributed by atoms with Crippen molar-refractivity contribution < 1.29 is 26.6 Å². The van der Waals surface area contributed by atoms with Gasteiger partial charge in [-0.2, -0.15) is 0 Å². The molecule has 8 heteroatoms. The Kier molecular flexibility index (Phi) is 9.46. The topological polar surface area (TPSA) is 55.4 Å². The Morgan fingerprint density at radius 3 is 1.20 bits per heavy atom. The van der Waals surface area contributed by atoms with E-state index in [2.05, 4.69) is 25.1 Å². The molecule has 0 spiro atoms. The van der Waals surface area contributed by atoms with Crippen molar-refractivity contribution in [2.45, 2.75) is 31.9 Å². The number of hydrogen-bond donors (Lipinski definition) is 0. The second-order valence-corrected chi connectivity index (χ2v) is 12.1. The maximum Gasteiger partial charge on any atom is 0.500 e. The summed E-state index contributed by atoms with van der Waals surface area (Å²) in [5.41, 5.74) is 3.72. The van der Waals surface area contributed by atoms with E-state index >= 15 is 0 Å². The Morgan fingerprint density at radius 1 is 0.600 bits per heavy atom. The van der Waals surface area contributed by atoms with Gasteiger partial charge in [-0.05, 0) is 30.9 Å². The number of benzene rings is 1. The molecule has 0 aliphatic heterocycles. The van der Waals surface area contributed by atoms with Gasteiger partial charge in [0.25, 0.3) is 0 Å². The van der Waals surface area contributed by atoms with Gasteiger partial charge in [0.15, 0.2) is 0 Å². The minimum Gasteiger partial charge on any atom is -0.377 e. The molecule has 0 bridgehead atoms. The zero-order valence-corrected chi connectivity index (χ0v) is 18.5. The van der Waals surface area contributed by atoms with E-state index in [-0.39, 0.29) is 0 Å². The molecule has 0 amide bonds. The van der Waals surface area contributed by atoms with Gasteiger partial charge >= 0.3 is 17.6 Å². The smallest absolute Gasteiger partial charge is 0.377 e. The van der Waals surface area contributed by atoms with Gasteiger partial charge in [-0.15, -0.1) is 0 Å². The van der Waals surface area contributed by atoms with E-state index in [0.717, 1.165) is 24.9 Å². The van der Waals surface area contributed by atoms with E-state index in [1.54, 1.807) is 42.7 Å². The summed E-state index contributed by atoms with van der Waals surface area (Å²) in [4.78, 5) is 0. The Hall–Kier alpha value is -0.586. The number of aryl methyl sites for hydroxylation is 3. The predicted octanol–water partition coefficient (Wildman–Crippen LogP) is 2.84. The summed E-state index contributed by atoms with van der Waals surface area (Å²) < 4.78 is 33.0. The van der Waals surface area contributed by atoms with Gasteiger partial charge in [-0.1, -0.05) is 23.8 Å². The Balaban J connectivity index is 2.82. The summed E-state index contributed by atoms with van der Waals surface area (Å²) in [6.45, 7) is 2.11. The van der Waals surface area contributed by atoms with Crippen LogP contribution in [0.25, 0.3) is 0 Å². The van der Waals surface area contributed by atoms with E-state index in [1.165, 1.54) is 16.7 Å². The van der Waals surface area contributed by atoms with Gasteiger partial charge in [0, 0.05) is 54.7 Å². The summed E-state index contributed by atoms with van der Waals surface area (Å²) in [5.74, 6) is 0. The van der Waals surface area contributed by atoms with Gasteiger partial charge in [0.2, 0.25) is 0 Å². The van der Waals surface area contributed by atoms with Crippen LogP contribution >= 0.6 is 0 Å². The molecule has 0 heterocycles. The first kappa shape index (κ1) is 22.5. The van der Waals surface area contributed by atoms with Crippen LogP contribution in [0.2, 0.25) is 12.1 Å². The molecule has 0 aromatic heterocycles. The Bertz CT molecular complexity index is 459. The minimum atomic E-state index is -2.55. The second kappa shape index (κ2) is 10.5. The molecule has 0 atom stereocenters. The molecular formula is C17H32O6Si2. The first-order chi connectivity index (χ1) is 11.9. The van der Waals surface area contributed by atoms with Crippen LogP contribution in [0.3, 0.4) is 0 Å². The molecule has 6 nitrogen and oxygen atoms in total. The van der Waals surface area contributed by atoms with E-state index in [4.69, 9.17) is 26.6 Å². The van der Waals surface area contributed by atoms with Crippen molar-refractivity contribution in [2.75, 3.05) is 42.7 Å². The third-order valence-electron chi connectivity index (χ3n) is 4.50. The summed E-state index contributed by atoms with van der Waals surface area (Å²) in [7, 11) is 4.76. The highest BCUT2D eigenvalue weighted by atomic mass is 28.4. The highest BCUT2D eigenvalue weighted by Crippen LogP contribution is 2.21. The molecule has 0 unspecified atom stereocenters. The Morgan fingerprint density at radius 2 is 0.920 bits per heavy atom. The number of hydrogen-bond acceptors (Lipinski definition) is 6. The van der Waals surface area contributed by atoms with Gasteiger partial charge < -0.3 is 26.6 Å². The van der Waals surface area contributed by atoms with Crippen molar-refractivity contribution in [3.05, 3.63) is 34.9 Å². The maximum atomic E-state index is 5.50. The lowest BCUT2D eigenvalue weighted by Gasteiger charge is -2.25. The van der Waals surface area contributed by atoms with Crippen LogP contribution in [0, 0.1) is 6.92 Å². The highest BCUT2D eigenvalue weighted by molar-refractivity contribution is 6.60. The first-order valence-corrected chi connectivity index (χ1v) is 12.2. The lowest BCUT2D eigenvalue weighted by Crippen LogP contribution is -2.43. The average molecular weight is 389 g/mol. The normalized spacial score (nSPS) is 12.6. The fourth-order valence-electron chi connectivity index (χ4n) is 2.94. The minimum absolute atomic E-state index is 0.742. The van der Waals surface area contributed by atoms with E-state index in [1.807, 2.05) is 0 Å². The van der Waals surface area contributed by atoms with Crippen LogP contribution in [0.4, 0.5) is 0 Å². The molecule has 25 heavy (non-hydrogen) atoms. The zero-order chi connectivity index (χ0) is 18.9. The Labute approximate surface area is 154 Å². The largest absolute Gasteiger partial charge is 0.500 e. The van der Waals surface area contributed by atoms with Gasteiger partial charge in [0.1, 0.15) is 0 Å². The van der Waals surface area contributed by atoms with E-state index < -0.39 is 17.6 Å². The van der Waals surface area contributed by atoms with E-state index in [9.17, 15) is 0 Å². The van der Waals surface area contributed by atoms with Crippen molar-refractivity contribution in [3.63, 3.8) is 0 Å². The monoisotopic (exact) mass is 388 g/mol. The molecule has 144 valence electrons. The molecule has 0 aliphatic carbocycles. The van der Waals surface area contributed by atoms with Crippen LogP contribution in [-0.4, -0.2) is 60.3 Å². The zero-order valence-electron chi connectivity index (χ0n) is 16.5. The van der Waals surface area contributed by atoms with E-state index in [0.29, 0.717) is 0 Å². The standard InChI is InChI=1S/C17H32O6Si2/c1-15-12-16(8-10-24(18-2,19-3)20-4)14-17(13-15)9-11-25(21-5,22-6)23-7/h12-14H,8-11H2,1-7H3. The fraction of sp³-hybridized carbons (Fsp3) is 0.647. The summed E-state index contributed by atoms with van der Waals surface area (Å²) in [6, 6.07) is 8.08. The molecule has 1 rings (SSSR count). The molecule has 0 radical (unpaired) electrons. The summed E-state index contributed by atoms with van der Waals surface area (Å²) in [5, 5.41) is 0. The van der Waals surface area contributed by atoms with Crippen LogP contribution in [-0.2, 0) is 39.4 Å². The van der Waals surface area contributed by atoms with Crippen LogP contribution in [0.5, 0.6) is 0 Å². The maximum absolute atomic E-state index is 5.50.